The molecule has 2 aliphatic rings. The molecule has 3 N–H and O–H groups in total. The van der Waals surface area contributed by atoms with Crippen molar-refractivity contribution in [3.05, 3.63) is 34.9 Å². The molecule has 1 fully saturated rings. The number of nitrogens with two attached hydrogens (primary N) is 1. The first-order chi connectivity index (χ1) is 16.7. The summed E-state index contributed by atoms with van der Waals surface area (Å²) in [5.74, 6) is 0.135. The summed E-state index contributed by atoms with van der Waals surface area (Å²) in [6.45, 7) is 5.07. The number of fused-ring (bicyclic) bond motifs is 1. The van der Waals surface area contributed by atoms with Crippen molar-refractivity contribution in [1.82, 2.24) is 14.9 Å². The van der Waals surface area contributed by atoms with Crippen molar-refractivity contribution in [3.63, 3.8) is 0 Å². The van der Waals surface area contributed by atoms with E-state index in [9.17, 15) is 18.0 Å². The zero-order chi connectivity index (χ0) is 25.0. The largest absolute Gasteiger partial charge is 0.463 e. The van der Waals surface area contributed by atoms with E-state index in [-0.39, 0.29) is 42.9 Å². The lowest BCUT2D eigenvalue weighted by atomic mass is 10.0. The van der Waals surface area contributed by atoms with Crippen molar-refractivity contribution < 1.29 is 22.7 Å². The summed E-state index contributed by atoms with van der Waals surface area (Å²) in [6.07, 6.45) is -0.469. The van der Waals surface area contributed by atoms with Crippen LogP contribution in [-0.4, -0.2) is 47.0 Å². The Bertz CT molecular complexity index is 1060. The van der Waals surface area contributed by atoms with E-state index in [4.69, 9.17) is 10.5 Å². The average molecular weight is 493 g/mol. The van der Waals surface area contributed by atoms with Gasteiger partial charge in [-0.1, -0.05) is 19.4 Å². The van der Waals surface area contributed by atoms with Crippen LogP contribution in [0.5, 0.6) is 6.01 Å². The number of nitrogens with one attached hydrogen (secondary N) is 1. The lowest BCUT2D eigenvalue weighted by Gasteiger charge is -2.25. The third kappa shape index (κ3) is 6.33. The van der Waals surface area contributed by atoms with Crippen LogP contribution in [0.3, 0.4) is 0 Å². The molecule has 0 atom stereocenters. The summed E-state index contributed by atoms with van der Waals surface area (Å²) in [5, 5.41) is 2.72. The highest BCUT2D eigenvalue weighted by Crippen LogP contribution is 2.35. The van der Waals surface area contributed by atoms with Crippen LogP contribution >= 0.6 is 0 Å². The first kappa shape index (κ1) is 25.0. The molecule has 1 aromatic carbocycles. The molecule has 11 heteroatoms. The molecular formula is C24H31F3N6O2. The second-order valence-corrected chi connectivity index (χ2v) is 9.03. The second-order valence-electron chi connectivity index (χ2n) is 9.03. The van der Waals surface area contributed by atoms with E-state index in [1.807, 2.05) is 6.92 Å². The maximum Gasteiger partial charge on any atom is 0.416 e. The third-order valence-electron chi connectivity index (χ3n) is 6.16. The number of alkyl halides is 3. The van der Waals surface area contributed by atoms with Gasteiger partial charge in [-0.15, -0.1) is 0 Å². The topological polar surface area (TPSA) is 96.6 Å². The van der Waals surface area contributed by atoms with Crippen molar-refractivity contribution in [2.24, 2.45) is 0 Å². The van der Waals surface area contributed by atoms with E-state index in [0.717, 1.165) is 44.8 Å². The molecule has 0 spiro atoms. The zero-order valence-corrected chi connectivity index (χ0v) is 19.8. The third-order valence-corrected chi connectivity index (χ3v) is 6.16. The molecule has 35 heavy (non-hydrogen) atoms. The van der Waals surface area contributed by atoms with Gasteiger partial charge in [-0.25, -0.2) is 0 Å². The number of rotatable bonds is 8. The minimum Gasteiger partial charge on any atom is -0.463 e. The maximum absolute atomic E-state index is 13.7. The molecule has 190 valence electrons. The molecule has 0 bridgehead atoms. The average Bonchev–Trinajstić information content (AvgIpc) is 3.25. The summed E-state index contributed by atoms with van der Waals surface area (Å²) in [5.41, 5.74) is 6.78. The summed E-state index contributed by atoms with van der Waals surface area (Å²) in [4.78, 5) is 24.8. The number of hydrogen-bond acceptors (Lipinski definition) is 7. The van der Waals surface area contributed by atoms with E-state index in [2.05, 4.69) is 20.2 Å². The molecule has 8 nitrogen and oxygen atoms in total. The van der Waals surface area contributed by atoms with E-state index in [0.29, 0.717) is 30.1 Å². The van der Waals surface area contributed by atoms with Crippen molar-refractivity contribution in [3.8, 4) is 6.01 Å². The molecule has 2 aromatic rings. The van der Waals surface area contributed by atoms with E-state index < -0.39 is 11.7 Å². The number of benzene rings is 1. The Kier molecular flexibility index (Phi) is 7.63. The van der Waals surface area contributed by atoms with Crippen LogP contribution in [0.2, 0.25) is 0 Å². The molecule has 1 amide bonds. The van der Waals surface area contributed by atoms with Gasteiger partial charge in [-0.2, -0.15) is 23.1 Å². The maximum atomic E-state index is 13.7. The molecule has 1 aromatic heterocycles. The number of ether oxygens (including phenoxy) is 1. The van der Waals surface area contributed by atoms with Gasteiger partial charge in [-0.3, -0.25) is 9.69 Å². The predicted octanol–water partition coefficient (Wildman–Crippen LogP) is 4.20. The van der Waals surface area contributed by atoms with Crippen molar-refractivity contribution in [1.29, 1.82) is 0 Å². The highest BCUT2D eigenvalue weighted by atomic mass is 19.4. The molecule has 3 heterocycles. The Morgan fingerprint density at radius 3 is 2.49 bits per heavy atom. The number of amides is 1. The van der Waals surface area contributed by atoms with E-state index >= 15 is 0 Å². The van der Waals surface area contributed by atoms with Gasteiger partial charge in [0.25, 0.3) is 0 Å². The lowest BCUT2D eigenvalue weighted by molar-refractivity contribution is -0.137. The van der Waals surface area contributed by atoms with Crippen molar-refractivity contribution >= 4 is 23.2 Å². The van der Waals surface area contributed by atoms with E-state index in [1.54, 1.807) is 11.0 Å². The van der Waals surface area contributed by atoms with Crippen LogP contribution in [0.15, 0.2) is 18.2 Å². The molecule has 2 aliphatic heterocycles. The molecule has 0 radical (unpaired) electrons. The summed E-state index contributed by atoms with van der Waals surface area (Å²) < 4.78 is 46.8. The molecule has 0 aliphatic carbocycles. The highest BCUT2D eigenvalue weighted by molar-refractivity contribution is 5.98. The molecule has 0 saturated carbocycles. The Balaban J connectivity index is 1.66. The van der Waals surface area contributed by atoms with Crippen LogP contribution in [0.1, 0.15) is 55.7 Å². The fourth-order valence-corrected chi connectivity index (χ4v) is 4.39. The number of nitrogen functional groups attached to an aromatic ring is 1. The highest BCUT2D eigenvalue weighted by Gasteiger charge is 2.32. The van der Waals surface area contributed by atoms with Crippen molar-refractivity contribution in [2.75, 3.05) is 42.2 Å². The quantitative estimate of drug-likeness (QED) is 0.533. The molecular weight excluding hydrogens is 461 g/mol. The van der Waals surface area contributed by atoms with Crippen LogP contribution in [0.4, 0.5) is 30.5 Å². The smallest absolute Gasteiger partial charge is 0.416 e. The van der Waals surface area contributed by atoms with Gasteiger partial charge in [0.15, 0.2) is 11.6 Å². The number of halogens is 3. The number of nitrogens with zero attached hydrogens (tertiary/aromatic N) is 4. The standard InChI is InChI=1S/C24H31F3N6O2/c1-2-3-10-35-23-30-21(28)20-22(31-23)33(9-6-19(34)29-20)15-17-11-16(14-32-7-4-5-8-32)12-18(13-17)24(25,26)27/h11-13H,2-10,14-15H2,1H3,(H,29,34)(H2,28,30,31). The minimum atomic E-state index is -4.46. The molecule has 1 saturated heterocycles. The Hall–Kier alpha value is -3.08. The SMILES string of the molecule is CCCCOc1nc(N)c2c(n1)N(Cc1cc(CN3CCCC3)cc(C(F)(F)F)c1)CCC(=O)N2. The fraction of sp³-hybridized carbons (Fsp3) is 0.542. The van der Waals surface area contributed by atoms with Crippen molar-refractivity contribution in [2.45, 2.75) is 58.3 Å². The molecule has 0 unspecified atom stereocenters. The van der Waals surface area contributed by atoms with Gasteiger partial charge in [0, 0.05) is 26.1 Å². The Labute approximate surface area is 202 Å². The number of hydrogen-bond donors (Lipinski definition) is 2. The normalized spacial score (nSPS) is 16.7. The van der Waals surface area contributed by atoms with Crippen LogP contribution in [0, 0.1) is 0 Å². The first-order valence-corrected chi connectivity index (χ1v) is 12.0. The summed E-state index contributed by atoms with van der Waals surface area (Å²) in [6, 6.07) is 4.27. The number of likely N-dealkylation sites (tertiary alicyclic amines) is 1. The fourth-order valence-electron chi connectivity index (χ4n) is 4.39. The second kappa shape index (κ2) is 10.7. The molecule has 4 rings (SSSR count). The van der Waals surface area contributed by atoms with Gasteiger partial charge < -0.3 is 20.7 Å². The van der Waals surface area contributed by atoms with Gasteiger partial charge in [0.05, 0.1) is 12.2 Å². The van der Waals surface area contributed by atoms with Gasteiger partial charge in [-0.05, 0) is 55.6 Å². The summed E-state index contributed by atoms with van der Waals surface area (Å²) in [7, 11) is 0. The van der Waals surface area contributed by atoms with Gasteiger partial charge in [0.2, 0.25) is 5.91 Å². The zero-order valence-electron chi connectivity index (χ0n) is 19.8. The first-order valence-electron chi connectivity index (χ1n) is 12.0. The number of unbranched alkanes of at least 4 members (excludes halogenated alkanes) is 1. The number of carbonyl (C=O) groups excluding carboxylic acids is 1. The van der Waals surface area contributed by atoms with E-state index in [1.165, 1.54) is 6.07 Å². The van der Waals surface area contributed by atoms with Crippen LogP contribution in [-0.2, 0) is 24.1 Å². The summed E-state index contributed by atoms with van der Waals surface area (Å²) >= 11 is 0. The number of anilines is 3. The number of aromatic nitrogens is 2. The Morgan fingerprint density at radius 2 is 1.80 bits per heavy atom. The minimum absolute atomic E-state index is 0.0560. The lowest BCUT2D eigenvalue weighted by Crippen LogP contribution is -2.26. The van der Waals surface area contributed by atoms with Crippen LogP contribution < -0.4 is 20.7 Å². The van der Waals surface area contributed by atoms with Crippen LogP contribution in [0.25, 0.3) is 0 Å². The number of carbonyl (C=O) groups is 1. The monoisotopic (exact) mass is 492 g/mol. The van der Waals surface area contributed by atoms with Gasteiger partial charge in [0.1, 0.15) is 5.69 Å². The predicted molar refractivity (Wildman–Crippen MR) is 127 cm³/mol. The van der Waals surface area contributed by atoms with Gasteiger partial charge >= 0.3 is 12.2 Å². The Morgan fingerprint density at radius 1 is 1.09 bits per heavy atom.